The van der Waals surface area contributed by atoms with Gasteiger partial charge in [0.2, 0.25) is 0 Å². The van der Waals surface area contributed by atoms with Crippen LogP contribution in [0.1, 0.15) is 37.7 Å². The summed E-state index contributed by atoms with van der Waals surface area (Å²) in [4.78, 5) is 0. The van der Waals surface area contributed by atoms with Gasteiger partial charge in [-0.1, -0.05) is 106 Å². The third kappa shape index (κ3) is 4.33. The van der Waals surface area contributed by atoms with E-state index in [0.29, 0.717) is 0 Å². The quantitative estimate of drug-likeness (QED) is 0.171. The van der Waals surface area contributed by atoms with Crippen LogP contribution in [0.3, 0.4) is 0 Å². The number of imidazole rings is 1. The largest absolute Gasteiger partial charge is 0.305 e. The minimum absolute atomic E-state index is 0.0447. The Bertz CT molecular complexity index is 2660. The number of benzene rings is 6. The summed E-state index contributed by atoms with van der Waals surface area (Å²) in [7, 11) is 0. The molecule has 0 aliphatic carbocycles. The summed E-state index contributed by atoms with van der Waals surface area (Å²) in [6.45, 7) is 11.4. The molecule has 0 amide bonds. The zero-order valence-electron chi connectivity index (χ0n) is 28.6. The van der Waals surface area contributed by atoms with Crippen molar-refractivity contribution in [3.05, 3.63) is 163 Å². The van der Waals surface area contributed by atoms with Gasteiger partial charge >= 0.3 is 0 Å². The van der Waals surface area contributed by atoms with Crippen molar-refractivity contribution < 1.29 is 4.57 Å². The predicted octanol–water partition coefficient (Wildman–Crippen LogP) is 10.9. The zero-order chi connectivity index (χ0) is 33.4. The normalized spacial score (nSPS) is 12.2. The Balaban J connectivity index is 1.45. The molecule has 49 heavy (non-hydrogen) atoms. The SMILES string of the molecule is Cc1c(-n2cc[n+](-c3c(-n4c5ccccc5c5ccccc54)ccc4c5ccccc5n(-c5ccccc5)c34)c2C)cccc1C(C)(C)C. The summed E-state index contributed by atoms with van der Waals surface area (Å²) in [6.07, 6.45) is 4.48. The fourth-order valence-corrected chi connectivity index (χ4v) is 8.13. The Morgan fingerprint density at radius 1 is 0.510 bits per heavy atom. The molecule has 0 bridgehead atoms. The van der Waals surface area contributed by atoms with Gasteiger partial charge in [-0.25, -0.2) is 0 Å². The molecule has 0 spiro atoms. The van der Waals surface area contributed by atoms with Gasteiger partial charge in [0, 0.05) is 34.2 Å². The minimum atomic E-state index is 0.0447. The Labute approximate surface area is 286 Å². The van der Waals surface area contributed by atoms with Crippen molar-refractivity contribution in [2.24, 2.45) is 0 Å². The smallest absolute Gasteiger partial charge is 0.263 e. The maximum Gasteiger partial charge on any atom is 0.263 e. The molecule has 9 rings (SSSR count). The molecule has 0 aliphatic rings. The third-order valence-corrected chi connectivity index (χ3v) is 10.3. The Morgan fingerprint density at radius 3 is 1.71 bits per heavy atom. The highest BCUT2D eigenvalue weighted by molar-refractivity contribution is 6.14. The summed E-state index contributed by atoms with van der Waals surface area (Å²) >= 11 is 0. The van der Waals surface area contributed by atoms with Crippen LogP contribution < -0.4 is 4.57 Å². The minimum Gasteiger partial charge on any atom is -0.305 e. The molecule has 4 nitrogen and oxygen atoms in total. The van der Waals surface area contributed by atoms with E-state index < -0.39 is 0 Å². The lowest BCUT2D eigenvalue weighted by molar-refractivity contribution is -0.600. The summed E-state index contributed by atoms with van der Waals surface area (Å²) < 4.78 is 9.67. The van der Waals surface area contributed by atoms with Crippen molar-refractivity contribution in [1.29, 1.82) is 0 Å². The first-order valence-corrected chi connectivity index (χ1v) is 17.1. The number of hydrogen-bond donors (Lipinski definition) is 0. The monoisotopic (exact) mass is 635 g/mol. The van der Waals surface area contributed by atoms with Crippen molar-refractivity contribution in [2.45, 2.75) is 40.0 Å². The number of para-hydroxylation sites is 4. The first kappa shape index (κ1) is 29.3. The second-order valence-electron chi connectivity index (χ2n) is 14.2. The molecule has 0 saturated carbocycles. The molecular weight excluding hydrogens is 597 g/mol. The number of nitrogens with zero attached hydrogens (tertiary/aromatic N) is 4. The van der Waals surface area contributed by atoms with Crippen LogP contribution >= 0.6 is 0 Å². The fraction of sp³-hybridized carbons (Fsp3) is 0.133. The number of hydrogen-bond acceptors (Lipinski definition) is 0. The molecule has 6 aromatic carbocycles. The van der Waals surface area contributed by atoms with E-state index >= 15 is 0 Å². The molecule has 0 atom stereocenters. The summed E-state index contributed by atoms with van der Waals surface area (Å²) in [5.41, 5.74) is 12.1. The van der Waals surface area contributed by atoms with Crippen molar-refractivity contribution in [3.63, 3.8) is 0 Å². The molecule has 0 aliphatic heterocycles. The van der Waals surface area contributed by atoms with Crippen LogP contribution in [0.5, 0.6) is 0 Å². The van der Waals surface area contributed by atoms with Crippen LogP contribution in [-0.2, 0) is 5.41 Å². The fourth-order valence-electron chi connectivity index (χ4n) is 8.13. The summed E-state index contributed by atoms with van der Waals surface area (Å²) in [6, 6.07) is 48.5. The Hall–Kier alpha value is -5.87. The van der Waals surface area contributed by atoms with Gasteiger partial charge in [0.1, 0.15) is 23.6 Å². The lowest BCUT2D eigenvalue weighted by Crippen LogP contribution is -2.35. The number of fused-ring (bicyclic) bond motifs is 6. The van der Waals surface area contributed by atoms with E-state index in [1.165, 1.54) is 60.4 Å². The average molecular weight is 636 g/mol. The van der Waals surface area contributed by atoms with E-state index in [1.54, 1.807) is 0 Å². The molecule has 238 valence electrons. The van der Waals surface area contributed by atoms with Crippen LogP contribution in [0.4, 0.5) is 0 Å². The van der Waals surface area contributed by atoms with Gasteiger partial charge in [-0.05, 0) is 72.0 Å². The highest BCUT2D eigenvalue weighted by Gasteiger charge is 2.29. The summed E-state index contributed by atoms with van der Waals surface area (Å²) in [5, 5.41) is 4.97. The molecule has 0 N–H and O–H groups in total. The van der Waals surface area contributed by atoms with E-state index in [4.69, 9.17) is 0 Å². The topological polar surface area (TPSA) is 18.7 Å². The molecule has 3 aromatic heterocycles. The second kappa shape index (κ2) is 10.8. The van der Waals surface area contributed by atoms with Crippen LogP contribution in [0.15, 0.2) is 146 Å². The lowest BCUT2D eigenvalue weighted by atomic mass is 9.83. The van der Waals surface area contributed by atoms with Gasteiger partial charge in [0.25, 0.3) is 5.82 Å². The van der Waals surface area contributed by atoms with Gasteiger partial charge in [-0.2, -0.15) is 9.13 Å². The first-order valence-electron chi connectivity index (χ1n) is 17.1. The maximum absolute atomic E-state index is 2.46. The van der Waals surface area contributed by atoms with Gasteiger partial charge < -0.3 is 9.13 Å². The molecule has 0 saturated heterocycles. The van der Waals surface area contributed by atoms with Crippen molar-refractivity contribution >= 4 is 43.6 Å². The zero-order valence-corrected chi connectivity index (χ0v) is 28.6. The summed E-state index contributed by atoms with van der Waals surface area (Å²) in [5.74, 6) is 1.13. The number of aromatic nitrogens is 4. The molecule has 3 heterocycles. The van der Waals surface area contributed by atoms with Crippen LogP contribution in [-0.4, -0.2) is 13.7 Å². The van der Waals surface area contributed by atoms with Gasteiger partial charge in [0.15, 0.2) is 5.69 Å². The van der Waals surface area contributed by atoms with E-state index in [9.17, 15) is 0 Å². The standard InChI is InChI=1S/C45H39N4/c1-30-37(45(3,4)5)21-15-25-38(30)46-28-29-47(31(46)2)44-42(49-40-23-13-9-18-33(40)34-19-10-14-24-41(34)49)27-26-36-35-20-11-12-22-39(35)48(43(36)44)32-16-7-6-8-17-32/h6-29H,1-5H3/q+1. The molecular formula is C45H39N4+. The van der Waals surface area contributed by atoms with Crippen molar-refractivity contribution in [1.82, 2.24) is 13.7 Å². The predicted molar refractivity (Wildman–Crippen MR) is 204 cm³/mol. The Morgan fingerprint density at radius 2 is 1.08 bits per heavy atom. The van der Waals surface area contributed by atoms with Crippen molar-refractivity contribution in [3.8, 4) is 22.7 Å². The number of rotatable bonds is 4. The molecule has 4 heteroatoms. The Kier molecular flexibility index (Phi) is 6.47. The van der Waals surface area contributed by atoms with Gasteiger partial charge in [-0.15, -0.1) is 0 Å². The first-order chi connectivity index (χ1) is 23.8. The van der Waals surface area contributed by atoms with Crippen molar-refractivity contribution in [2.75, 3.05) is 0 Å². The third-order valence-electron chi connectivity index (χ3n) is 10.3. The second-order valence-corrected chi connectivity index (χ2v) is 14.2. The van der Waals surface area contributed by atoms with Crippen LogP contribution in [0, 0.1) is 13.8 Å². The lowest BCUT2D eigenvalue weighted by Gasteiger charge is -2.22. The van der Waals surface area contributed by atoms with E-state index in [2.05, 4.69) is 199 Å². The molecule has 9 aromatic rings. The highest BCUT2D eigenvalue weighted by atomic mass is 15.2. The van der Waals surface area contributed by atoms with Crippen LogP contribution in [0.25, 0.3) is 66.4 Å². The van der Waals surface area contributed by atoms with E-state index in [1.807, 2.05) is 0 Å². The van der Waals surface area contributed by atoms with Gasteiger partial charge in [0.05, 0.1) is 22.2 Å². The molecule has 0 radical (unpaired) electrons. The molecule has 0 unspecified atom stereocenters. The molecule has 0 fully saturated rings. The maximum atomic E-state index is 2.46. The average Bonchev–Trinajstić information content (AvgIpc) is 3.77. The van der Waals surface area contributed by atoms with E-state index in [-0.39, 0.29) is 5.41 Å². The van der Waals surface area contributed by atoms with Gasteiger partial charge in [-0.3, -0.25) is 0 Å². The highest BCUT2D eigenvalue weighted by Crippen LogP contribution is 2.40. The van der Waals surface area contributed by atoms with E-state index in [0.717, 1.165) is 22.9 Å². The van der Waals surface area contributed by atoms with Crippen LogP contribution in [0.2, 0.25) is 0 Å².